The second-order valence-electron chi connectivity index (χ2n) is 5.90. The van der Waals surface area contributed by atoms with Crippen LogP contribution in [-0.4, -0.2) is 16.1 Å². The lowest BCUT2D eigenvalue weighted by molar-refractivity contribution is 0.272. The smallest absolute Gasteiger partial charge is 0.0687 e. The molecule has 18 heavy (non-hydrogen) atoms. The minimum atomic E-state index is 0.0208. The summed E-state index contributed by atoms with van der Waals surface area (Å²) < 4.78 is 0. The third kappa shape index (κ3) is 2.42. The van der Waals surface area contributed by atoms with Gasteiger partial charge < -0.3 is 10.2 Å². The van der Waals surface area contributed by atoms with Crippen LogP contribution in [0.25, 0.3) is 0 Å². The number of hydrogen-bond donors (Lipinski definition) is 2. The second kappa shape index (κ2) is 5.20. The molecule has 0 amide bonds. The number of rotatable bonds is 4. The first-order chi connectivity index (χ1) is 8.52. The largest absolute Gasteiger partial charge is 0.392 e. The number of fused-ring (bicyclic) bond motifs is 1. The molecule has 0 fully saturated rings. The molecule has 0 unspecified atom stereocenters. The van der Waals surface area contributed by atoms with E-state index >= 15 is 0 Å². The number of alkyl halides is 1. The number of aliphatic hydroxyl groups excluding tert-OH is 2. The van der Waals surface area contributed by atoms with Crippen LogP contribution in [0.1, 0.15) is 41.7 Å². The van der Waals surface area contributed by atoms with Crippen LogP contribution in [0.4, 0.5) is 0 Å². The lowest BCUT2D eigenvalue weighted by atomic mass is 9.89. The molecule has 0 saturated heterocycles. The maximum atomic E-state index is 9.67. The van der Waals surface area contributed by atoms with Gasteiger partial charge in [0.25, 0.3) is 0 Å². The minimum absolute atomic E-state index is 0.0208. The molecule has 1 aliphatic rings. The molecule has 1 aromatic rings. The molecular weight excluding hydrogens is 248 g/mol. The van der Waals surface area contributed by atoms with Gasteiger partial charge in [-0.3, -0.25) is 0 Å². The lowest BCUT2D eigenvalue weighted by Crippen LogP contribution is -2.10. The third-order valence-electron chi connectivity index (χ3n) is 3.85. The van der Waals surface area contributed by atoms with E-state index in [1.165, 1.54) is 11.1 Å². The summed E-state index contributed by atoms with van der Waals surface area (Å²) in [6.45, 7) is 4.55. The Balaban J connectivity index is 2.56. The van der Waals surface area contributed by atoms with E-state index in [1.807, 2.05) is 0 Å². The maximum absolute atomic E-state index is 9.67. The Morgan fingerprint density at radius 1 is 1.17 bits per heavy atom. The van der Waals surface area contributed by atoms with Crippen molar-refractivity contribution in [2.75, 3.05) is 5.88 Å². The summed E-state index contributed by atoms with van der Waals surface area (Å²) in [6.07, 6.45) is 2.73. The molecule has 1 aromatic carbocycles. The van der Waals surface area contributed by atoms with Crippen LogP contribution in [0.15, 0.2) is 6.07 Å². The Bertz CT molecular complexity index is 452. The van der Waals surface area contributed by atoms with E-state index in [0.717, 1.165) is 29.5 Å². The average Bonchev–Trinajstić information content (AvgIpc) is 2.62. The fourth-order valence-corrected chi connectivity index (χ4v) is 3.32. The first kappa shape index (κ1) is 13.9. The summed E-state index contributed by atoms with van der Waals surface area (Å²) in [5.74, 6) is 0.516. The zero-order valence-electron chi connectivity index (χ0n) is 11.1. The van der Waals surface area contributed by atoms with Crippen molar-refractivity contribution in [2.24, 2.45) is 5.41 Å². The first-order valence-electron chi connectivity index (χ1n) is 6.45. The zero-order chi connectivity index (χ0) is 13.3. The Morgan fingerprint density at radius 3 is 2.44 bits per heavy atom. The molecular formula is C15H21ClO2. The van der Waals surface area contributed by atoms with Gasteiger partial charge in [0.1, 0.15) is 0 Å². The molecule has 3 heteroatoms. The van der Waals surface area contributed by atoms with E-state index in [-0.39, 0.29) is 18.6 Å². The monoisotopic (exact) mass is 268 g/mol. The van der Waals surface area contributed by atoms with Crippen molar-refractivity contribution >= 4 is 11.6 Å². The number of aliphatic hydroxyl groups is 2. The number of benzene rings is 1. The molecule has 1 aliphatic carbocycles. The second-order valence-corrected chi connectivity index (χ2v) is 6.28. The summed E-state index contributed by atoms with van der Waals surface area (Å²) in [5, 5.41) is 19.2. The molecule has 0 saturated carbocycles. The van der Waals surface area contributed by atoms with E-state index < -0.39 is 0 Å². The standard InChI is InChI=1S/C15H21ClO2/c1-15(2)6-10-5-11(8-17)12(3-4-16)14(9-18)13(10)7-15/h5,17-18H,3-4,6-9H2,1-2H3. The Labute approximate surface area is 114 Å². The molecule has 0 bridgehead atoms. The van der Waals surface area contributed by atoms with Gasteiger partial charge in [-0.25, -0.2) is 0 Å². The first-order valence-corrected chi connectivity index (χ1v) is 6.99. The Hall–Kier alpha value is -0.570. The van der Waals surface area contributed by atoms with E-state index in [4.69, 9.17) is 11.6 Å². The van der Waals surface area contributed by atoms with Crippen LogP contribution in [-0.2, 0) is 32.5 Å². The fourth-order valence-electron chi connectivity index (χ4n) is 3.13. The normalized spacial score (nSPS) is 16.9. The lowest BCUT2D eigenvalue weighted by Gasteiger charge is -2.17. The fraction of sp³-hybridized carbons (Fsp3) is 0.600. The SMILES string of the molecule is CC1(C)Cc2cc(CO)c(CCCl)c(CO)c2C1. The van der Waals surface area contributed by atoms with Gasteiger partial charge >= 0.3 is 0 Å². The van der Waals surface area contributed by atoms with Gasteiger partial charge in [-0.1, -0.05) is 19.9 Å². The summed E-state index contributed by atoms with van der Waals surface area (Å²) in [4.78, 5) is 0. The van der Waals surface area contributed by atoms with Crippen LogP contribution >= 0.6 is 11.6 Å². The predicted molar refractivity (Wildman–Crippen MR) is 73.9 cm³/mol. The summed E-state index contributed by atoms with van der Waals surface area (Å²) in [5.41, 5.74) is 5.79. The van der Waals surface area contributed by atoms with Gasteiger partial charge in [-0.15, -0.1) is 11.6 Å². The van der Waals surface area contributed by atoms with Crippen molar-refractivity contribution in [3.05, 3.63) is 33.9 Å². The van der Waals surface area contributed by atoms with Crippen molar-refractivity contribution in [1.29, 1.82) is 0 Å². The van der Waals surface area contributed by atoms with Gasteiger partial charge in [-0.05, 0) is 52.5 Å². The van der Waals surface area contributed by atoms with Crippen LogP contribution in [0.5, 0.6) is 0 Å². The number of hydrogen-bond acceptors (Lipinski definition) is 2. The van der Waals surface area contributed by atoms with Crippen LogP contribution in [0, 0.1) is 5.41 Å². The van der Waals surface area contributed by atoms with Crippen molar-refractivity contribution in [3.8, 4) is 0 Å². The average molecular weight is 269 g/mol. The highest BCUT2D eigenvalue weighted by Gasteiger charge is 2.31. The molecule has 2 nitrogen and oxygen atoms in total. The molecule has 0 spiro atoms. The predicted octanol–water partition coefficient (Wildman–Crippen LogP) is 2.58. The van der Waals surface area contributed by atoms with E-state index in [2.05, 4.69) is 19.9 Å². The highest BCUT2D eigenvalue weighted by atomic mass is 35.5. The van der Waals surface area contributed by atoms with Gasteiger partial charge in [0, 0.05) is 5.88 Å². The van der Waals surface area contributed by atoms with E-state index in [0.29, 0.717) is 12.3 Å². The molecule has 0 aromatic heterocycles. The van der Waals surface area contributed by atoms with E-state index in [1.54, 1.807) is 0 Å². The summed E-state index contributed by atoms with van der Waals surface area (Å²) >= 11 is 5.84. The van der Waals surface area contributed by atoms with Crippen molar-refractivity contribution in [1.82, 2.24) is 0 Å². The quantitative estimate of drug-likeness (QED) is 0.824. The molecule has 2 rings (SSSR count). The van der Waals surface area contributed by atoms with Gasteiger partial charge in [-0.2, -0.15) is 0 Å². The molecule has 0 radical (unpaired) electrons. The third-order valence-corrected chi connectivity index (χ3v) is 4.04. The minimum Gasteiger partial charge on any atom is -0.392 e. The van der Waals surface area contributed by atoms with E-state index in [9.17, 15) is 10.2 Å². The van der Waals surface area contributed by atoms with Gasteiger partial charge in [0.15, 0.2) is 0 Å². The topological polar surface area (TPSA) is 40.5 Å². The Kier molecular flexibility index (Phi) is 4.00. The van der Waals surface area contributed by atoms with Crippen LogP contribution in [0.3, 0.4) is 0 Å². The van der Waals surface area contributed by atoms with Crippen LogP contribution < -0.4 is 0 Å². The molecule has 0 aliphatic heterocycles. The zero-order valence-corrected chi connectivity index (χ0v) is 11.8. The van der Waals surface area contributed by atoms with Gasteiger partial charge in [0.2, 0.25) is 0 Å². The molecule has 0 atom stereocenters. The van der Waals surface area contributed by atoms with Gasteiger partial charge in [0.05, 0.1) is 13.2 Å². The highest BCUT2D eigenvalue weighted by molar-refractivity contribution is 6.18. The maximum Gasteiger partial charge on any atom is 0.0687 e. The van der Waals surface area contributed by atoms with Crippen molar-refractivity contribution < 1.29 is 10.2 Å². The summed E-state index contributed by atoms with van der Waals surface area (Å²) in [6, 6.07) is 2.10. The summed E-state index contributed by atoms with van der Waals surface area (Å²) in [7, 11) is 0. The molecule has 100 valence electrons. The molecule has 0 heterocycles. The Morgan fingerprint density at radius 2 is 1.89 bits per heavy atom. The van der Waals surface area contributed by atoms with Crippen molar-refractivity contribution in [3.63, 3.8) is 0 Å². The molecule has 2 N–H and O–H groups in total. The van der Waals surface area contributed by atoms with Crippen LogP contribution in [0.2, 0.25) is 0 Å². The van der Waals surface area contributed by atoms with Crippen molar-refractivity contribution in [2.45, 2.75) is 46.3 Å². The highest BCUT2D eigenvalue weighted by Crippen LogP contribution is 2.40. The number of halogens is 1.